The second-order valence-electron chi connectivity index (χ2n) is 3.19. The topological polar surface area (TPSA) is 51.3 Å². The van der Waals surface area contributed by atoms with Gasteiger partial charge in [-0.2, -0.15) is 0 Å². The van der Waals surface area contributed by atoms with Crippen LogP contribution in [0.3, 0.4) is 0 Å². The predicted octanol–water partition coefficient (Wildman–Crippen LogP) is 2.57. The van der Waals surface area contributed by atoms with Gasteiger partial charge >= 0.3 is 5.97 Å². The molecule has 0 aliphatic heterocycles. The largest absolute Gasteiger partial charge is 0.496 e. The van der Waals surface area contributed by atoms with Crippen molar-refractivity contribution in [3.8, 4) is 5.75 Å². The molecular formula is C11H10INO3. The molecule has 0 aliphatic carbocycles. The summed E-state index contributed by atoms with van der Waals surface area (Å²) in [6.07, 6.45) is 0. The van der Waals surface area contributed by atoms with E-state index >= 15 is 0 Å². The third-order valence-electron chi connectivity index (χ3n) is 2.33. The zero-order chi connectivity index (χ0) is 11.7. The second-order valence-corrected chi connectivity index (χ2v) is 4.27. The Bertz CT molecular complexity index is 547. The van der Waals surface area contributed by atoms with Crippen molar-refractivity contribution in [2.45, 2.75) is 0 Å². The van der Waals surface area contributed by atoms with E-state index in [0.29, 0.717) is 5.69 Å². The lowest BCUT2D eigenvalue weighted by Crippen LogP contribution is -2.03. The maximum absolute atomic E-state index is 11.5. The van der Waals surface area contributed by atoms with Gasteiger partial charge in [-0.3, -0.25) is 0 Å². The second kappa shape index (κ2) is 4.32. The van der Waals surface area contributed by atoms with Gasteiger partial charge in [-0.25, -0.2) is 4.79 Å². The minimum Gasteiger partial charge on any atom is -0.496 e. The van der Waals surface area contributed by atoms with Gasteiger partial charge in [-0.15, -0.1) is 0 Å². The molecule has 0 atom stereocenters. The smallest absolute Gasteiger partial charge is 0.355 e. The Labute approximate surface area is 106 Å². The van der Waals surface area contributed by atoms with Gasteiger partial charge in [0.25, 0.3) is 0 Å². The molecule has 1 heterocycles. The maximum atomic E-state index is 11.5. The zero-order valence-corrected chi connectivity index (χ0v) is 11.0. The standard InChI is InChI=1S/C11H10INO3/c1-15-7-5-3-4-6-8(7)9(12)10(13-6)11(14)16-2/h3-5,13H,1-2H3. The van der Waals surface area contributed by atoms with E-state index in [9.17, 15) is 4.79 Å². The number of rotatable bonds is 2. The molecule has 2 rings (SSSR count). The molecule has 0 saturated carbocycles. The number of aromatic amines is 1. The summed E-state index contributed by atoms with van der Waals surface area (Å²) in [6, 6.07) is 5.63. The summed E-state index contributed by atoms with van der Waals surface area (Å²) >= 11 is 2.11. The van der Waals surface area contributed by atoms with Crippen molar-refractivity contribution in [3.63, 3.8) is 0 Å². The van der Waals surface area contributed by atoms with Crippen LogP contribution < -0.4 is 4.74 Å². The Hall–Kier alpha value is -1.24. The van der Waals surface area contributed by atoms with Crippen LogP contribution in [-0.2, 0) is 4.74 Å². The average molecular weight is 331 g/mol. The van der Waals surface area contributed by atoms with Crippen LogP contribution in [-0.4, -0.2) is 25.2 Å². The fraction of sp³-hybridized carbons (Fsp3) is 0.182. The summed E-state index contributed by atoms with van der Waals surface area (Å²) < 4.78 is 10.8. The van der Waals surface area contributed by atoms with Gasteiger partial charge in [0, 0.05) is 0 Å². The highest BCUT2D eigenvalue weighted by molar-refractivity contribution is 14.1. The normalized spacial score (nSPS) is 10.4. The summed E-state index contributed by atoms with van der Waals surface area (Å²) in [5, 5.41) is 0.908. The highest BCUT2D eigenvalue weighted by Gasteiger charge is 2.18. The van der Waals surface area contributed by atoms with Crippen LogP contribution in [0.5, 0.6) is 5.75 Å². The van der Waals surface area contributed by atoms with Crippen molar-refractivity contribution in [1.29, 1.82) is 0 Å². The highest BCUT2D eigenvalue weighted by atomic mass is 127. The van der Waals surface area contributed by atoms with Crippen molar-refractivity contribution in [3.05, 3.63) is 27.5 Å². The fourth-order valence-electron chi connectivity index (χ4n) is 1.59. The first-order chi connectivity index (χ1) is 7.69. The Balaban J connectivity index is 2.73. The lowest BCUT2D eigenvalue weighted by atomic mass is 10.2. The molecule has 0 fully saturated rings. The van der Waals surface area contributed by atoms with E-state index in [1.54, 1.807) is 7.11 Å². The molecule has 0 spiro atoms. The molecule has 0 bridgehead atoms. The first-order valence-electron chi connectivity index (χ1n) is 4.61. The Morgan fingerprint density at radius 3 is 2.75 bits per heavy atom. The lowest BCUT2D eigenvalue weighted by molar-refractivity contribution is 0.0594. The monoisotopic (exact) mass is 331 g/mol. The van der Waals surface area contributed by atoms with Crippen molar-refractivity contribution in [1.82, 2.24) is 4.98 Å². The number of aromatic nitrogens is 1. The number of ether oxygens (including phenoxy) is 2. The number of H-pyrrole nitrogens is 1. The van der Waals surface area contributed by atoms with Crippen molar-refractivity contribution < 1.29 is 14.3 Å². The van der Waals surface area contributed by atoms with Crippen LogP contribution in [0, 0.1) is 3.57 Å². The Morgan fingerprint density at radius 2 is 2.12 bits per heavy atom. The highest BCUT2D eigenvalue weighted by Crippen LogP contribution is 2.32. The minimum atomic E-state index is -0.373. The number of halogens is 1. The van der Waals surface area contributed by atoms with Gasteiger partial charge in [-0.05, 0) is 34.7 Å². The fourth-order valence-corrected chi connectivity index (χ4v) is 2.50. The molecule has 0 aliphatic rings. The number of nitrogens with one attached hydrogen (secondary N) is 1. The van der Waals surface area contributed by atoms with Crippen LogP contribution >= 0.6 is 22.6 Å². The third kappa shape index (κ3) is 1.64. The Kier molecular flexibility index (Phi) is 3.04. The number of hydrogen-bond acceptors (Lipinski definition) is 3. The molecule has 0 saturated heterocycles. The van der Waals surface area contributed by atoms with Crippen LogP contribution in [0.25, 0.3) is 10.9 Å². The van der Waals surface area contributed by atoms with E-state index in [4.69, 9.17) is 9.47 Å². The zero-order valence-electron chi connectivity index (χ0n) is 8.83. The molecule has 0 radical (unpaired) electrons. The molecule has 1 aromatic heterocycles. The number of carbonyl (C=O) groups is 1. The number of esters is 1. The van der Waals surface area contributed by atoms with Gasteiger partial charge in [0.15, 0.2) is 0 Å². The summed E-state index contributed by atoms with van der Waals surface area (Å²) in [5.74, 6) is 0.371. The third-order valence-corrected chi connectivity index (χ3v) is 3.41. The molecule has 1 N–H and O–H groups in total. The molecule has 1 aromatic carbocycles. The van der Waals surface area contributed by atoms with Gasteiger partial charge in [0.1, 0.15) is 11.4 Å². The maximum Gasteiger partial charge on any atom is 0.355 e. The number of fused-ring (bicyclic) bond motifs is 1. The lowest BCUT2D eigenvalue weighted by Gasteiger charge is -2.01. The van der Waals surface area contributed by atoms with Crippen LogP contribution in [0.2, 0.25) is 0 Å². The van der Waals surface area contributed by atoms with Crippen LogP contribution in [0.15, 0.2) is 18.2 Å². The van der Waals surface area contributed by atoms with Gasteiger partial charge in [0.05, 0.1) is 28.7 Å². The predicted molar refractivity (Wildman–Crippen MR) is 68.9 cm³/mol. The first kappa shape index (κ1) is 11.3. The van der Waals surface area contributed by atoms with E-state index in [2.05, 4.69) is 27.6 Å². The molecule has 2 aromatic rings. The first-order valence-corrected chi connectivity index (χ1v) is 5.69. The summed E-state index contributed by atoms with van der Waals surface area (Å²) in [4.78, 5) is 14.5. The van der Waals surface area contributed by atoms with E-state index in [1.165, 1.54) is 7.11 Å². The van der Waals surface area contributed by atoms with Gasteiger partial charge < -0.3 is 14.5 Å². The molecule has 16 heavy (non-hydrogen) atoms. The van der Waals surface area contributed by atoms with Crippen molar-refractivity contribution >= 4 is 39.5 Å². The number of hydrogen-bond donors (Lipinski definition) is 1. The minimum absolute atomic E-state index is 0.373. The van der Waals surface area contributed by atoms with Crippen LogP contribution in [0.1, 0.15) is 10.5 Å². The van der Waals surface area contributed by atoms with Gasteiger partial charge in [0.2, 0.25) is 0 Å². The van der Waals surface area contributed by atoms with E-state index in [1.807, 2.05) is 18.2 Å². The van der Waals surface area contributed by atoms with Crippen molar-refractivity contribution in [2.75, 3.05) is 14.2 Å². The molecule has 0 unspecified atom stereocenters. The number of benzene rings is 1. The average Bonchev–Trinajstić information content (AvgIpc) is 2.66. The molecule has 0 amide bonds. The summed E-state index contributed by atoms with van der Waals surface area (Å²) in [5.41, 5.74) is 1.33. The summed E-state index contributed by atoms with van der Waals surface area (Å²) in [6.45, 7) is 0. The van der Waals surface area contributed by atoms with Crippen LogP contribution in [0.4, 0.5) is 0 Å². The molecule has 84 valence electrons. The number of methoxy groups -OCH3 is 2. The SMILES string of the molecule is COC(=O)c1[nH]c2cccc(OC)c2c1I. The Morgan fingerprint density at radius 1 is 1.38 bits per heavy atom. The summed E-state index contributed by atoms with van der Waals surface area (Å²) in [7, 11) is 2.97. The molecule has 4 nitrogen and oxygen atoms in total. The molecule has 5 heteroatoms. The van der Waals surface area contributed by atoms with E-state index in [-0.39, 0.29) is 5.97 Å². The number of carbonyl (C=O) groups excluding carboxylic acids is 1. The van der Waals surface area contributed by atoms with Crippen molar-refractivity contribution in [2.24, 2.45) is 0 Å². The van der Waals surface area contributed by atoms with E-state index in [0.717, 1.165) is 20.2 Å². The van der Waals surface area contributed by atoms with E-state index < -0.39 is 0 Å². The van der Waals surface area contributed by atoms with Gasteiger partial charge in [-0.1, -0.05) is 6.07 Å². The molecular weight excluding hydrogens is 321 g/mol. The quantitative estimate of drug-likeness (QED) is 0.680.